The van der Waals surface area contributed by atoms with Crippen LogP contribution >= 0.6 is 0 Å². The van der Waals surface area contributed by atoms with E-state index in [0.717, 1.165) is 23.0 Å². The van der Waals surface area contributed by atoms with Gasteiger partial charge in [0.15, 0.2) is 0 Å². The summed E-state index contributed by atoms with van der Waals surface area (Å²) in [5.41, 5.74) is 11.8. The molecular formula is C20H23NO. The molecule has 0 fully saturated rings. The summed E-state index contributed by atoms with van der Waals surface area (Å²) in [4.78, 5) is 0. The summed E-state index contributed by atoms with van der Waals surface area (Å²) in [7, 11) is 0. The van der Waals surface area contributed by atoms with E-state index in [1.165, 1.54) is 16.7 Å². The summed E-state index contributed by atoms with van der Waals surface area (Å²) in [5, 5.41) is 1.16. The average Bonchev–Trinajstić information content (AvgIpc) is 2.90. The van der Waals surface area contributed by atoms with Crippen LogP contribution in [0.5, 0.6) is 0 Å². The van der Waals surface area contributed by atoms with E-state index in [0.29, 0.717) is 5.92 Å². The molecule has 0 amide bonds. The Balaban J connectivity index is 2.02. The van der Waals surface area contributed by atoms with Gasteiger partial charge in [0.2, 0.25) is 0 Å². The Morgan fingerprint density at radius 3 is 2.36 bits per heavy atom. The number of furan rings is 1. The zero-order chi connectivity index (χ0) is 15.7. The van der Waals surface area contributed by atoms with Crippen molar-refractivity contribution in [2.45, 2.75) is 39.2 Å². The fourth-order valence-electron chi connectivity index (χ4n) is 2.85. The Kier molecular flexibility index (Phi) is 4.04. The molecule has 2 heteroatoms. The summed E-state index contributed by atoms with van der Waals surface area (Å²) in [6, 6.07) is 15.3. The molecule has 0 spiro atoms. The Hall–Kier alpha value is -2.06. The van der Waals surface area contributed by atoms with Crippen LogP contribution in [0.3, 0.4) is 0 Å². The molecular weight excluding hydrogens is 270 g/mol. The Morgan fingerprint density at radius 1 is 1.00 bits per heavy atom. The Morgan fingerprint density at radius 2 is 1.73 bits per heavy atom. The van der Waals surface area contributed by atoms with E-state index in [-0.39, 0.29) is 6.04 Å². The normalized spacial score (nSPS) is 13.0. The van der Waals surface area contributed by atoms with Gasteiger partial charge in [-0.25, -0.2) is 0 Å². The molecule has 2 aromatic carbocycles. The third-order valence-electron chi connectivity index (χ3n) is 4.08. The van der Waals surface area contributed by atoms with E-state index in [1.807, 2.05) is 19.3 Å². The fourth-order valence-corrected chi connectivity index (χ4v) is 2.85. The molecule has 0 aliphatic rings. The maximum absolute atomic E-state index is 5.91. The highest BCUT2D eigenvalue weighted by Crippen LogP contribution is 2.32. The van der Waals surface area contributed by atoms with E-state index in [9.17, 15) is 0 Å². The van der Waals surface area contributed by atoms with Crippen LogP contribution in [-0.2, 0) is 6.42 Å². The van der Waals surface area contributed by atoms with Gasteiger partial charge in [0.05, 0.1) is 6.26 Å². The van der Waals surface area contributed by atoms with E-state index in [4.69, 9.17) is 10.2 Å². The molecule has 3 aromatic rings. The zero-order valence-electron chi connectivity index (χ0n) is 13.5. The van der Waals surface area contributed by atoms with Crippen molar-refractivity contribution in [3.8, 4) is 11.1 Å². The molecule has 3 rings (SSSR count). The van der Waals surface area contributed by atoms with Crippen LogP contribution in [0.2, 0.25) is 0 Å². The topological polar surface area (TPSA) is 39.2 Å². The number of benzene rings is 2. The highest BCUT2D eigenvalue weighted by molar-refractivity contribution is 5.94. The Bertz CT molecular complexity index is 766. The smallest absolute Gasteiger partial charge is 0.134 e. The molecule has 114 valence electrons. The van der Waals surface area contributed by atoms with Crippen LogP contribution in [0, 0.1) is 0 Å². The van der Waals surface area contributed by atoms with Gasteiger partial charge in [0, 0.05) is 17.0 Å². The molecule has 0 bridgehead atoms. The van der Waals surface area contributed by atoms with Crippen LogP contribution in [0.4, 0.5) is 0 Å². The summed E-state index contributed by atoms with van der Waals surface area (Å²) >= 11 is 0. The van der Waals surface area contributed by atoms with E-state index in [2.05, 4.69) is 50.2 Å². The lowest BCUT2D eigenvalue weighted by molar-refractivity contribution is 0.616. The van der Waals surface area contributed by atoms with Gasteiger partial charge in [-0.05, 0) is 48.1 Å². The van der Waals surface area contributed by atoms with Crippen molar-refractivity contribution in [3.63, 3.8) is 0 Å². The first kappa shape index (κ1) is 14.9. The highest BCUT2D eigenvalue weighted by Gasteiger charge is 2.10. The number of fused-ring (bicyclic) bond motifs is 1. The predicted molar refractivity (Wildman–Crippen MR) is 93.1 cm³/mol. The first-order chi connectivity index (χ1) is 10.5. The molecule has 0 saturated carbocycles. The minimum absolute atomic E-state index is 0.165. The summed E-state index contributed by atoms with van der Waals surface area (Å²) in [6.45, 7) is 6.45. The van der Waals surface area contributed by atoms with Gasteiger partial charge in [0.25, 0.3) is 0 Å². The van der Waals surface area contributed by atoms with Crippen LogP contribution < -0.4 is 5.73 Å². The number of rotatable bonds is 4. The molecule has 2 N–H and O–H groups in total. The molecule has 1 aromatic heterocycles. The van der Waals surface area contributed by atoms with Gasteiger partial charge < -0.3 is 10.2 Å². The first-order valence-electron chi connectivity index (χ1n) is 7.90. The summed E-state index contributed by atoms with van der Waals surface area (Å²) in [5.74, 6) is 0.549. The molecule has 2 nitrogen and oxygen atoms in total. The maximum atomic E-state index is 5.91. The monoisotopic (exact) mass is 293 g/mol. The lowest BCUT2D eigenvalue weighted by atomic mass is 9.97. The van der Waals surface area contributed by atoms with Crippen molar-refractivity contribution < 1.29 is 4.42 Å². The average molecular weight is 293 g/mol. The van der Waals surface area contributed by atoms with Gasteiger partial charge in [0.1, 0.15) is 5.58 Å². The van der Waals surface area contributed by atoms with Gasteiger partial charge in [-0.1, -0.05) is 44.2 Å². The van der Waals surface area contributed by atoms with E-state index < -0.39 is 0 Å². The van der Waals surface area contributed by atoms with Crippen LogP contribution in [0.25, 0.3) is 22.1 Å². The Labute approximate surface area is 131 Å². The highest BCUT2D eigenvalue weighted by atomic mass is 16.3. The van der Waals surface area contributed by atoms with Crippen molar-refractivity contribution in [2.24, 2.45) is 5.73 Å². The molecule has 0 aliphatic heterocycles. The quantitative estimate of drug-likeness (QED) is 0.725. The van der Waals surface area contributed by atoms with Gasteiger partial charge in [-0.15, -0.1) is 0 Å². The lowest BCUT2D eigenvalue weighted by Crippen LogP contribution is -2.17. The van der Waals surface area contributed by atoms with Gasteiger partial charge >= 0.3 is 0 Å². The van der Waals surface area contributed by atoms with Crippen LogP contribution in [-0.4, -0.2) is 6.04 Å². The van der Waals surface area contributed by atoms with Crippen molar-refractivity contribution in [2.75, 3.05) is 0 Å². The van der Waals surface area contributed by atoms with E-state index >= 15 is 0 Å². The third-order valence-corrected chi connectivity index (χ3v) is 4.08. The number of nitrogens with two attached hydrogens (primary N) is 1. The van der Waals surface area contributed by atoms with Crippen molar-refractivity contribution in [1.29, 1.82) is 0 Å². The molecule has 0 aliphatic carbocycles. The van der Waals surface area contributed by atoms with Crippen LogP contribution in [0.15, 0.2) is 53.1 Å². The van der Waals surface area contributed by atoms with Gasteiger partial charge in [-0.3, -0.25) is 0 Å². The minimum atomic E-state index is 0.165. The minimum Gasteiger partial charge on any atom is -0.464 e. The number of hydrogen-bond acceptors (Lipinski definition) is 2. The molecule has 1 unspecified atom stereocenters. The lowest BCUT2D eigenvalue weighted by Gasteiger charge is -2.07. The van der Waals surface area contributed by atoms with Crippen LogP contribution in [0.1, 0.15) is 37.8 Å². The van der Waals surface area contributed by atoms with Gasteiger partial charge in [-0.2, -0.15) is 0 Å². The molecule has 22 heavy (non-hydrogen) atoms. The first-order valence-corrected chi connectivity index (χ1v) is 7.90. The van der Waals surface area contributed by atoms with E-state index in [1.54, 1.807) is 0 Å². The maximum Gasteiger partial charge on any atom is 0.134 e. The predicted octanol–water partition coefficient (Wildman–Crippen LogP) is 5.11. The second-order valence-corrected chi connectivity index (χ2v) is 6.44. The SMILES string of the molecule is CC(N)Cc1ccc2occ(-c3ccc(C(C)C)cc3)c2c1. The molecule has 0 radical (unpaired) electrons. The van der Waals surface area contributed by atoms with Crippen molar-refractivity contribution in [1.82, 2.24) is 0 Å². The summed E-state index contributed by atoms with van der Waals surface area (Å²) < 4.78 is 5.71. The fraction of sp³-hybridized carbons (Fsp3) is 0.300. The van der Waals surface area contributed by atoms with Crippen molar-refractivity contribution >= 4 is 11.0 Å². The molecule has 1 heterocycles. The zero-order valence-corrected chi connectivity index (χ0v) is 13.5. The second kappa shape index (κ2) is 5.98. The van der Waals surface area contributed by atoms with Crippen molar-refractivity contribution in [3.05, 3.63) is 59.9 Å². The number of hydrogen-bond donors (Lipinski definition) is 1. The molecule has 1 atom stereocenters. The second-order valence-electron chi connectivity index (χ2n) is 6.44. The largest absolute Gasteiger partial charge is 0.464 e. The standard InChI is InChI=1S/C20H23NO/c1-13(2)16-5-7-17(8-6-16)19-12-22-20-9-4-15(10-14(3)21)11-18(19)20/h4-9,11-14H,10,21H2,1-3H3. The molecule has 0 saturated heterocycles. The summed E-state index contributed by atoms with van der Waals surface area (Å²) in [6.07, 6.45) is 2.73. The third kappa shape index (κ3) is 2.93.